The number of rotatable bonds is 9. The smallest absolute Gasteiger partial charge is 0.315 e. The molecule has 2 heterocycles. The number of hydrogen-bond acceptors (Lipinski definition) is 6. The molecule has 0 unspecified atom stereocenters. The maximum Gasteiger partial charge on any atom is 0.332 e. The summed E-state index contributed by atoms with van der Waals surface area (Å²) in [6.07, 6.45) is 3.75. The second kappa shape index (κ2) is 8.55. The summed E-state index contributed by atoms with van der Waals surface area (Å²) in [5, 5.41) is 0. The zero-order valence-corrected chi connectivity index (χ0v) is 15.7. The molecule has 0 bridgehead atoms. The molecule has 2 rings (SSSR count). The Balaban J connectivity index is 2.37. The number of nitrogens with zero attached hydrogens (tertiary/aromatic N) is 5. The highest BCUT2D eigenvalue weighted by Crippen LogP contribution is 2.47. The predicted molar refractivity (Wildman–Crippen MR) is 93.0 cm³/mol. The molecule has 9 heteroatoms. The van der Waals surface area contributed by atoms with Gasteiger partial charge in [0.2, 0.25) is 0 Å². The lowest BCUT2D eigenvalue weighted by molar-refractivity contribution is 0.219. The molecule has 0 aliphatic carbocycles. The van der Waals surface area contributed by atoms with Crippen LogP contribution < -0.4 is 5.49 Å². The second-order valence-electron chi connectivity index (χ2n) is 5.11. The van der Waals surface area contributed by atoms with Crippen LogP contribution in [0.15, 0.2) is 17.6 Å². The molecule has 0 aliphatic rings. The minimum absolute atomic E-state index is 0.271. The van der Waals surface area contributed by atoms with E-state index in [9.17, 15) is 4.57 Å². The third kappa shape index (κ3) is 4.12. The van der Waals surface area contributed by atoms with Crippen LogP contribution in [0.1, 0.15) is 27.7 Å². The van der Waals surface area contributed by atoms with Crippen LogP contribution in [0.5, 0.6) is 0 Å². The zero-order valence-electron chi connectivity index (χ0n) is 14.8. The quantitative estimate of drug-likeness (QED) is 0.645. The average Bonchev–Trinajstić information content (AvgIpc) is 2.98. The lowest BCUT2D eigenvalue weighted by atomic mass is 10.5. The molecule has 0 aliphatic heterocycles. The van der Waals surface area contributed by atoms with Crippen molar-refractivity contribution in [1.82, 2.24) is 19.1 Å². The predicted octanol–water partition coefficient (Wildman–Crippen LogP) is 2.44. The van der Waals surface area contributed by atoms with Gasteiger partial charge in [-0.25, -0.2) is 9.97 Å². The molecule has 8 nitrogen and oxygen atoms in total. The van der Waals surface area contributed by atoms with Gasteiger partial charge < -0.3 is 18.2 Å². The van der Waals surface area contributed by atoms with E-state index in [1.54, 1.807) is 12.7 Å². The largest absolute Gasteiger partial charge is 0.332 e. The highest BCUT2D eigenvalue weighted by atomic mass is 31.2. The molecule has 0 N–H and O–H groups in total. The van der Waals surface area contributed by atoms with Gasteiger partial charge >= 0.3 is 7.60 Å². The summed E-state index contributed by atoms with van der Waals surface area (Å²) in [5.41, 5.74) is 2.30. The Labute approximate surface area is 142 Å². The first kappa shape index (κ1) is 18.8. The van der Waals surface area contributed by atoms with Gasteiger partial charge in [0.1, 0.15) is 0 Å². The maximum absolute atomic E-state index is 12.6. The standard InChI is InChI=1S/C15H26N5O3P/c1-5-16-14-13-15(19(6-2)11-17-13)18-12-20(14)9-10-24(21,22-7-3)23-8-4/h11-12H,5-10H2,1-4H3. The van der Waals surface area contributed by atoms with Crippen molar-refractivity contribution < 1.29 is 13.6 Å². The lowest BCUT2D eigenvalue weighted by Crippen LogP contribution is -2.25. The fraction of sp³-hybridized carbons (Fsp3) is 0.667. The van der Waals surface area contributed by atoms with Crippen molar-refractivity contribution in [2.45, 2.75) is 40.8 Å². The molecule has 0 fully saturated rings. The van der Waals surface area contributed by atoms with Crippen LogP contribution in [0, 0.1) is 0 Å². The lowest BCUT2D eigenvalue weighted by Gasteiger charge is -2.17. The summed E-state index contributed by atoms with van der Waals surface area (Å²) in [6, 6.07) is 0. The molecule has 2 aromatic heterocycles. The zero-order chi connectivity index (χ0) is 17.6. The van der Waals surface area contributed by atoms with E-state index >= 15 is 0 Å². The van der Waals surface area contributed by atoms with Crippen molar-refractivity contribution in [1.29, 1.82) is 0 Å². The summed E-state index contributed by atoms with van der Waals surface area (Å²) < 4.78 is 27.2. The molecular formula is C15H26N5O3P. The minimum Gasteiger partial charge on any atom is -0.315 e. The van der Waals surface area contributed by atoms with Crippen LogP contribution in [0.25, 0.3) is 11.2 Å². The van der Waals surface area contributed by atoms with Crippen molar-refractivity contribution in [3.05, 3.63) is 18.1 Å². The molecule has 0 saturated carbocycles. The van der Waals surface area contributed by atoms with E-state index < -0.39 is 7.60 Å². The Bertz CT molecular complexity index is 773. The van der Waals surface area contributed by atoms with Gasteiger partial charge in [0.15, 0.2) is 16.7 Å². The number of aromatic nitrogens is 4. The van der Waals surface area contributed by atoms with Crippen molar-refractivity contribution in [2.24, 2.45) is 4.99 Å². The first-order valence-corrected chi connectivity index (χ1v) is 10.1. The number of imidazole rings is 1. The fourth-order valence-electron chi connectivity index (χ4n) is 2.48. The SMILES string of the molecule is CCN=c1c2ncn(CC)c2ncn1CCP(=O)(OCC)OCC. The molecule has 134 valence electrons. The van der Waals surface area contributed by atoms with E-state index in [-0.39, 0.29) is 6.16 Å². The van der Waals surface area contributed by atoms with Gasteiger partial charge in [0.25, 0.3) is 0 Å². The second-order valence-corrected chi connectivity index (χ2v) is 7.29. The molecule has 0 spiro atoms. The molecule has 0 amide bonds. The number of aryl methyl sites for hydroxylation is 2. The third-order valence-electron chi connectivity index (χ3n) is 3.53. The number of fused-ring (bicyclic) bond motifs is 1. The van der Waals surface area contributed by atoms with Gasteiger partial charge in [0, 0.05) is 19.6 Å². The van der Waals surface area contributed by atoms with E-state index in [0.29, 0.717) is 26.3 Å². The van der Waals surface area contributed by atoms with Gasteiger partial charge in [-0.3, -0.25) is 9.56 Å². The van der Waals surface area contributed by atoms with Crippen LogP contribution in [-0.2, 0) is 26.7 Å². The van der Waals surface area contributed by atoms with E-state index in [4.69, 9.17) is 9.05 Å². The maximum atomic E-state index is 12.6. The van der Waals surface area contributed by atoms with Gasteiger partial charge in [0.05, 0.1) is 32.0 Å². The van der Waals surface area contributed by atoms with E-state index in [0.717, 1.165) is 23.2 Å². The Kier molecular flexibility index (Phi) is 6.71. The van der Waals surface area contributed by atoms with Crippen molar-refractivity contribution in [2.75, 3.05) is 25.9 Å². The van der Waals surface area contributed by atoms with Crippen molar-refractivity contribution in [3.8, 4) is 0 Å². The third-order valence-corrected chi connectivity index (χ3v) is 5.58. The van der Waals surface area contributed by atoms with E-state index in [1.165, 1.54) is 0 Å². The first-order chi connectivity index (χ1) is 11.6. The van der Waals surface area contributed by atoms with Crippen LogP contribution in [0.2, 0.25) is 0 Å². The summed E-state index contributed by atoms with van der Waals surface area (Å²) in [7, 11) is -3.10. The molecular weight excluding hydrogens is 329 g/mol. The molecule has 0 atom stereocenters. The Morgan fingerprint density at radius 1 is 1.08 bits per heavy atom. The molecule has 24 heavy (non-hydrogen) atoms. The van der Waals surface area contributed by atoms with Gasteiger partial charge in [-0.05, 0) is 27.7 Å². The molecule has 2 aromatic rings. The van der Waals surface area contributed by atoms with Gasteiger partial charge in [-0.2, -0.15) is 0 Å². The van der Waals surface area contributed by atoms with Crippen molar-refractivity contribution in [3.63, 3.8) is 0 Å². The van der Waals surface area contributed by atoms with Crippen LogP contribution in [-0.4, -0.2) is 45.0 Å². The normalized spacial score (nSPS) is 13.1. The van der Waals surface area contributed by atoms with Crippen LogP contribution in [0.4, 0.5) is 0 Å². The summed E-state index contributed by atoms with van der Waals surface area (Å²) in [6.45, 7) is 10.2. The molecule has 0 saturated heterocycles. The average molecular weight is 355 g/mol. The summed E-state index contributed by atoms with van der Waals surface area (Å²) >= 11 is 0. The van der Waals surface area contributed by atoms with Gasteiger partial charge in [-0.1, -0.05) is 0 Å². The summed E-state index contributed by atoms with van der Waals surface area (Å²) in [4.78, 5) is 13.5. The Morgan fingerprint density at radius 2 is 1.75 bits per heavy atom. The summed E-state index contributed by atoms with van der Waals surface area (Å²) in [5.74, 6) is 0. The monoisotopic (exact) mass is 355 g/mol. The first-order valence-electron chi connectivity index (χ1n) is 8.37. The van der Waals surface area contributed by atoms with Crippen LogP contribution >= 0.6 is 7.60 Å². The highest BCUT2D eigenvalue weighted by molar-refractivity contribution is 7.53. The van der Waals surface area contributed by atoms with Crippen molar-refractivity contribution >= 4 is 18.8 Å². The Morgan fingerprint density at radius 3 is 2.33 bits per heavy atom. The molecule has 0 radical (unpaired) electrons. The van der Waals surface area contributed by atoms with Gasteiger partial charge in [-0.15, -0.1) is 0 Å². The number of hydrogen-bond donors (Lipinski definition) is 0. The highest BCUT2D eigenvalue weighted by Gasteiger charge is 2.23. The van der Waals surface area contributed by atoms with E-state index in [2.05, 4.69) is 15.0 Å². The van der Waals surface area contributed by atoms with E-state index in [1.807, 2.05) is 36.8 Å². The Hall–Kier alpha value is -1.50. The topological polar surface area (TPSA) is 83.5 Å². The van der Waals surface area contributed by atoms with Crippen LogP contribution in [0.3, 0.4) is 0 Å². The minimum atomic E-state index is -3.10. The molecule has 0 aromatic carbocycles. The fourth-order valence-corrected chi connectivity index (χ4v) is 4.06.